The van der Waals surface area contributed by atoms with Gasteiger partial charge in [-0.3, -0.25) is 9.79 Å². The van der Waals surface area contributed by atoms with Crippen LogP contribution in [0.2, 0.25) is 0 Å². The number of aliphatic imine (C=N–C) groups is 1. The van der Waals surface area contributed by atoms with Crippen molar-refractivity contribution < 1.29 is 13.2 Å². The third kappa shape index (κ3) is 5.69. The fourth-order valence-corrected chi connectivity index (χ4v) is 4.27. The van der Waals surface area contributed by atoms with E-state index < -0.39 is 14.6 Å². The van der Waals surface area contributed by atoms with Crippen molar-refractivity contribution in [3.63, 3.8) is 0 Å². The molecule has 0 spiro atoms. The number of amides is 1. The van der Waals surface area contributed by atoms with Gasteiger partial charge < -0.3 is 15.5 Å². The van der Waals surface area contributed by atoms with Crippen LogP contribution in [0.3, 0.4) is 0 Å². The van der Waals surface area contributed by atoms with E-state index in [9.17, 15) is 13.2 Å². The predicted molar refractivity (Wildman–Crippen MR) is 109 cm³/mol. The maximum absolute atomic E-state index is 12.2. The molecule has 1 fully saturated rings. The molecule has 2 N–H and O–H groups in total. The summed E-state index contributed by atoms with van der Waals surface area (Å²) in [5.74, 6) is 0.779. The summed E-state index contributed by atoms with van der Waals surface area (Å²) in [4.78, 5) is 18.6. The standard InChI is InChI=1S/C19H30N4O3S/c1-4-20-18(23-13-14-27(25,26)19(2,3)15-23)22-12-8-11-21-17(24)16-9-6-5-7-10-16/h5-7,9-10H,4,8,11-15H2,1-3H3,(H,20,22)(H,21,24). The number of nitrogens with one attached hydrogen (secondary N) is 2. The minimum Gasteiger partial charge on any atom is -0.357 e. The molecule has 0 bridgehead atoms. The lowest BCUT2D eigenvalue weighted by molar-refractivity contribution is 0.0953. The molecule has 7 nitrogen and oxygen atoms in total. The molecule has 0 aromatic heterocycles. The van der Waals surface area contributed by atoms with Crippen LogP contribution >= 0.6 is 0 Å². The Labute approximate surface area is 162 Å². The Bertz CT molecular complexity index is 760. The maximum atomic E-state index is 12.2. The highest BCUT2D eigenvalue weighted by Gasteiger charge is 2.40. The highest BCUT2D eigenvalue weighted by atomic mass is 32.2. The summed E-state index contributed by atoms with van der Waals surface area (Å²) in [5, 5.41) is 6.12. The maximum Gasteiger partial charge on any atom is 0.251 e. The number of carbonyl (C=O) groups is 1. The second-order valence-electron chi connectivity index (χ2n) is 7.21. The molecule has 8 heteroatoms. The third-order valence-corrected chi connectivity index (χ3v) is 7.13. The van der Waals surface area contributed by atoms with Gasteiger partial charge in [0.25, 0.3) is 5.91 Å². The number of benzene rings is 1. The highest BCUT2D eigenvalue weighted by Crippen LogP contribution is 2.23. The zero-order valence-electron chi connectivity index (χ0n) is 16.4. The minimum atomic E-state index is -3.08. The van der Waals surface area contributed by atoms with Crippen LogP contribution in [-0.2, 0) is 9.84 Å². The van der Waals surface area contributed by atoms with E-state index in [1.807, 2.05) is 30.0 Å². The average Bonchev–Trinajstić information content (AvgIpc) is 2.63. The van der Waals surface area contributed by atoms with Crippen molar-refractivity contribution in [2.75, 3.05) is 38.5 Å². The van der Waals surface area contributed by atoms with Crippen molar-refractivity contribution in [3.05, 3.63) is 35.9 Å². The van der Waals surface area contributed by atoms with E-state index in [1.54, 1.807) is 26.0 Å². The lowest BCUT2D eigenvalue weighted by atomic mass is 10.2. The van der Waals surface area contributed by atoms with Gasteiger partial charge in [-0.2, -0.15) is 0 Å². The fourth-order valence-electron chi connectivity index (χ4n) is 2.91. The number of sulfone groups is 1. The van der Waals surface area contributed by atoms with E-state index >= 15 is 0 Å². The summed E-state index contributed by atoms with van der Waals surface area (Å²) in [6.07, 6.45) is 0.711. The monoisotopic (exact) mass is 394 g/mol. The van der Waals surface area contributed by atoms with Crippen LogP contribution in [0, 0.1) is 0 Å². The molecule has 1 amide bonds. The largest absolute Gasteiger partial charge is 0.357 e. The molecule has 0 aliphatic carbocycles. The minimum absolute atomic E-state index is 0.0885. The van der Waals surface area contributed by atoms with Crippen LogP contribution in [0.4, 0.5) is 0 Å². The first kappa shape index (κ1) is 21.2. The van der Waals surface area contributed by atoms with Gasteiger partial charge in [-0.1, -0.05) is 18.2 Å². The summed E-state index contributed by atoms with van der Waals surface area (Å²) < 4.78 is 23.6. The van der Waals surface area contributed by atoms with Crippen LogP contribution < -0.4 is 10.6 Å². The zero-order valence-corrected chi connectivity index (χ0v) is 17.2. The van der Waals surface area contributed by atoms with Crippen molar-refractivity contribution in [2.24, 2.45) is 4.99 Å². The molecule has 1 heterocycles. The van der Waals surface area contributed by atoms with Gasteiger partial charge in [0.1, 0.15) is 0 Å². The summed E-state index contributed by atoms with van der Waals surface area (Å²) in [6.45, 7) is 8.19. The number of hydrogen-bond acceptors (Lipinski definition) is 4. The Hall–Kier alpha value is -2.09. The number of hydrogen-bond donors (Lipinski definition) is 2. The first-order valence-electron chi connectivity index (χ1n) is 9.35. The fraction of sp³-hybridized carbons (Fsp3) is 0.579. The van der Waals surface area contributed by atoms with Gasteiger partial charge in [0, 0.05) is 38.3 Å². The van der Waals surface area contributed by atoms with E-state index in [0.717, 1.165) is 5.96 Å². The van der Waals surface area contributed by atoms with Gasteiger partial charge in [0.05, 0.1) is 10.5 Å². The SMILES string of the molecule is CCNC(=NCCCNC(=O)c1ccccc1)N1CCS(=O)(=O)C(C)(C)C1. The van der Waals surface area contributed by atoms with Crippen LogP contribution in [0.15, 0.2) is 35.3 Å². The van der Waals surface area contributed by atoms with Crippen LogP contribution in [0.1, 0.15) is 37.6 Å². The molecule has 1 saturated heterocycles. The van der Waals surface area contributed by atoms with Crippen LogP contribution in [0.5, 0.6) is 0 Å². The highest BCUT2D eigenvalue weighted by molar-refractivity contribution is 7.92. The van der Waals surface area contributed by atoms with Gasteiger partial charge in [-0.25, -0.2) is 8.42 Å². The van der Waals surface area contributed by atoms with Gasteiger partial charge in [0.15, 0.2) is 15.8 Å². The van der Waals surface area contributed by atoms with Gasteiger partial charge in [-0.05, 0) is 39.3 Å². The molecule has 1 aromatic carbocycles. The predicted octanol–water partition coefficient (Wildman–Crippen LogP) is 1.28. The smallest absolute Gasteiger partial charge is 0.251 e. The van der Waals surface area contributed by atoms with Crippen molar-refractivity contribution >= 4 is 21.7 Å². The summed E-state index contributed by atoms with van der Waals surface area (Å²) in [6, 6.07) is 9.11. The van der Waals surface area contributed by atoms with Crippen molar-refractivity contribution in [1.82, 2.24) is 15.5 Å². The van der Waals surface area contributed by atoms with Crippen LogP contribution in [0.25, 0.3) is 0 Å². The van der Waals surface area contributed by atoms with E-state index in [-0.39, 0.29) is 11.7 Å². The molecule has 27 heavy (non-hydrogen) atoms. The van der Waals surface area contributed by atoms with Crippen molar-refractivity contribution in [2.45, 2.75) is 31.9 Å². The molecule has 150 valence electrons. The Balaban J connectivity index is 1.86. The number of guanidine groups is 1. The number of nitrogens with zero attached hydrogens (tertiary/aromatic N) is 2. The molecule has 0 saturated carbocycles. The summed E-state index contributed by atoms with van der Waals surface area (Å²) in [5.41, 5.74) is 0.645. The molecular weight excluding hydrogens is 364 g/mol. The molecule has 1 aromatic rings. The third-order valence-electron chi connectivity index (χ3n) is 4.60. The topological polar surface area (TPSA) is 90.9 Å². The Morgan fingerprint density at radius 1 is 1.22 bits per heavy atom. The van der Waals surface area contributed by atoms with Gasteiger partial charge in [-0.15, -0.1) is 0 Å². The first-order chi connectivity index (χ1) is 12.8. The van der Waals surface area contributed by atoms with Crippen molar-refractivity contribution in [1.29, 1.82) is 0 Å². The molecule has 0 atom stereocenters. The quantitative estimate of drug-likeness (QED) is 0.431. The van der Waals surface area contributed by atoms with Gasteiger partial charge >= 0.3 is 0 Å². The van der Waals surface area contributed by atoms with Gasteiger partial charge in [0.2, 0.25) is 0 Å². The number of rotatable bonds is 6. The van der Waals surface area contributed by atoms with E-state index in [0.29, 0.717) is 44.7 Å². The molecule has 2 rings (SSSR count). The van der Waals surface area contributed by atoms with E-state index in [1.165, 1.54) is 0 Å². The van der Waals surface area contributed by atoms with E-state index in [2.05, 4.69) is 15.6 Å². The first-order valence-corrected chi connectivity index (χ1v) is 11.0. The normalized spacial score (nSPS) is 18.8. The molecule has 0 unspecified atom stereocenters. The molecule has 1 aliphatic rings. The molecular formula is C19H30N4O3S. The second kappa shape index (κ2) is 9.21. The Kier molecular flexibility index (Phi) is 7.24. The van der Waals surface area contributed by atoms with E-state index in [4.69, 9.17) is 0 Å². The number of carbonyl (C=O) groups excluding carboxylic acids is 1. The average molecular weight is 395 g/mol. The molecule has 1 aliphatic heterocycles. The molecule has 0 radical (unpaired) electrons. The van der Waals surface area contributed by atoms with Crippen molar-refractivity contribution in [3.8, 4) is 0 Å². The lowest BCUT2D eigenvalue weighted by Gasteiger charge is -2.39. The second-order valence-corrected chi connectivity index (χ2v) is 9.95. The zero-order chi connectivity index (χ0) is 19.9. The Morgan fingerprint density at radius 3 is 2.56 bits per heavy atom. The Morgan fingerprint density at radius 2 is 1.93 bits per heavy atom. The summed E-state index contributed by atoms with van der Waals surface area (Å²) >= 11 is 0. The van der Waals surface area contributed by atoms with Crippen LogP contribution in [-0.4, -0.2) is 68.4 Å². The summed E-state index contributed by atoms with van der Waals surface area (Å²) in [7, 11) is -3.08. The lowest BCUT2D eigenvalue weighted by Crippen LogP contribution is -2.57.